The van der Waals surface area contributed by atoms with Gasteiger partial charge >= 0.3 is 21.6 Å². The molecule has 23 nitrogen and oxygen atoms in total. The van der Waals surface area contributed by atoms with Gasteiger partial charge in [0.05, 0.1) is 45.4 Å². The second-order valence-electron chi connectivity index (χ2n) is 21.5. The number of hydrogen-bond acceptors (Lipinski definition) is 17. The number of aliphatic hydroxyl groups is 5. The van der Waals surface area contributed by atoms with E-state index in [4.69, 9.17) is 28.2 Å². The molecule has 2 fully saturated rings. The van der Waals surface area contributed by atoms with E-state index in [0.29, 0.717) is 32.1 Å². The van der Waals surface area contributed by atoms with Crippen molar-refractivity contribution in [2.24, 2.45) is 0 Å². The number of unbranched alkanes of at least 4 members (excludes halogenated alkanes) is 24. The SMILES string of the molecule is CCCCCCCCCCCC(=O)O[C@H](CCCCCCCCCCC)CC(=O)NC1C(OCC2OC(OCCOP(=O)(O)O)C(NC(=O)C[C@H](O)CCCCCCCCCCC)C(O)C2O)OC(CO)C(OP(=O)(O)O)C1O. The lowest BCUT2D eigenvalue weighted by atomic mass is 9.95. The van der Waals surface area contributed by atoms with Gasteiger partial charge < -0.3 is 79.4 Å². The van der Waals surface area contributed by atoms with Crippen LogP contribution in [-0.4, -0.2) is 163 Å². The second kappa shape index (κ2) is 43.0. The van der Waals surface area contributed by atoms with E-state index < -0.39 is 133 Å². The monoisotopic (exact) mass is 1180 g/mol. The highest BCUT2D eigenvalue weighted by Gasteiger charge is 2.51. The Balaban J connectivity index is 2.24. The number of hydrogen-bond donors (Lipinski definition) is 11. The van der Waals surface area contributed by atoms with Crippen molar-refractivity contribution in [3.05, 3.63) is 0 Å². The number of aliphatic hydroxyl groups excluding tert-OH is 5. The van der Waals surface area contributed by atoms with Crippen LogP contribution in [0.5, 0.6) is 0 Å². The molecule has 0 radical (unpaired) electrons. The largest absolute Gasteiger partial charge is 0.470 e. The molecular weight excluding hydrogens is 1070 g/mol. The topological polar surface area (TPSA) is 356 Å². The Labute approximate surface area is 470 Å². The summed E-state index contributed by atoms with van der Waals surface area (Å²) >= 11 is 0. The molecular formula is C54H104N2O21P2. The van der Waals surface area contributed by atoms with E-state index in [1.54, 1.807) is 0 Å². The first-order valence-corrected chi connectivity index (χ1v) is 32.9. The highest BCUT2D eigenvalue weighted by atomic mass is 31.2. The van der Waals surface area contributed by atoms with Crippen LogP contribution in [0, 0.1) is 0 Å². The van der Waals surface area contributed by atoms with Crippen LogP contribution in [0.2, 0.25) is 0 Å². The average Bonchev–Trinajstić information content (AvgIpc) is 3.38. The van der Waals surface area contributed by atoms with Crippen molar-refractivity contribution in [1.29, 1.82) is 0 Å². The van der Waals surface area contributed by atoms with E-state index in [0.717, 1.165) is 89.9 Å². The lowest BCUT2D eigenvalue weighted by Gasteiger charge is -2.45. The molecule has 10 unspecified atom stereocenters. The summed E-state index contributed by atoms with van der Waals surface area (Å²) in [6, 6.07) is -3.21. The van der Waals surface area contributed by atoms with Gasteiger partial charge in [0.1, 0.15) is 54.8 Å². The Morgan fingerprint density at radius 2 is 0.975 bits per heavy atom. The Morgan fingerprint density at radius 3 is 1.47 bits per heavy atom. The number of carbonyl (C=O) groups excluding carboxylic acids is 3. The fraction of sp³-hybridized carbons (Fsp3) is 0.944. The van der Waals surface area contributed by atoms with Gasteiger partial charge in [0, 0.05) is 6.42 Å². The number of carbonyl (C=O) groups is 3. The molecule has 466 valence electrons. The van der Waals surface area contributed by atoms with E-state index in [9.17, 15) is 68.6 Å². The minimum Gasteiger partial charge on any atom is -0.462 e. The third kappa shape index (κ3) is 34.0. The molecule has 0 aliphatic carbocycles. The van der Waals surface area contributed by atoms with E-state index in [1.807, 2.05) is 0 Å². The first kappa shape index (κ1) is 73.4. The third-order valence-electron chi connectivity index (χ3n) is 14.4. The molecule has 2 saturated heterocycles. The first-order chi connectivity index (χ1) is 37.7. The highest BCUT2D eigenvalue weighted by Crippen LogP contribution is 2.42. The van der Waals surface area contributed by atoms with Crippen LogP contribution in [0.4, 0.5) is 0 Å². The van der Waals surface area contributed by atoms with E-state index >= 15 is 0 Å². The fourth-order valence-electron chi connectivity index (χ4n) is 9.94. The summed E-state index contributed by atoms with van der Waals surface area (Å²) in [7, 11) is -10.3. The summed E-state index contributed by atoms with van der Waals surface area (Å²) in [5, 5.41) is 60.5. The zero-order chi connectivity index (χ0) is 58.5. The number of phosphoric acid groups is 2. The normalized spacial score (nSPS) is 24.5. The molecule has 0 aromatic rings. The lowest BCUT2D eigenvalue weighted by Crippen LogP contribution is -2.67. The van der Waals surface area contributed by atoms with Gasteiger partial charge in [0.15, 0.2) is 12.6 Å². The third-order valence-corrected chi connectivity index (χ3v) is 15.4. The van der Waals surface area contributed by atoms with Crippen molar-refractivity contribution >= 4 is 33.4 Å². The van der Waals surface area contributed by atoms with E-state index in [1.165, 1.54) is 64.2 Å². The summed E-state index contributed by atoms with van der Waals surface area (Å²) in [6.45, 7) is 3.57. The summed E-state index contributed by atoms with van der Waals surface area (Å²) < 4.78 is 62.0. The van der Waals surface area contributed by atoms with Gasteiger partial charge in [-0.15, -0.1) is 0 Å². The number of amides is 2. The van der Waals surface area contributed by atoms with Crippen molar-refractivity contribution in [2.75, 3.05) is 26.4 Å². The molecule has 0 spiro atoms. The van der Waals surface area contributed by atoms with Gasteiger partial charge in [-0.1, -0.05) is 181 Å². The highest BCUT2D eigenvalue weighted by molar-refractivity contribution is 7.46. The molecule has 79 heavy (non-hydrogen) atoms. The van der Waals surface area contributed by atoms with Crippen molar-refractivity contribution < 1.29 is 101 Å². The van der Waals surface area contributed by atoms with Gasteiger partial charge in [-0.3, -0.25) is 23.4 Å². The Hall–Kier alpha value is -1.73. The van der Waals surface area contributed by atoms with E-state index in [2.05, 4.69) is 35.9 Å². The van der Waals surface area contributed by atoms with Crippen LogP contribution in [0.25, 0.3) is 0 Å². The van der Waals surface area contributed by atoms with Gasteiger partial charge in [-0.05, 0) is 25.7 Å². The Kier molecular flexibility index (Phi) is 39.9. The zero-order valence-corrected chi connectivity index (χ0v) is 49.5. The minimum absolute atomic E-state index is 0.160. The van der Waals surface area contributed by atoms with Gasteiger partial charge in [0.2, 0.25) is 11.8 Å². The minimum atomic E-state index is -5.36. The maximum atomic E-state index is 14.0. The van der Waals surface area contributed by atoms with Crippen LogP contribution >= 0.6 is 15.6 Å². The van der Waals surface area contributed by atoms with Crippen LogP contribution in [0.1, 0.15) is 226 Å². The predicted octanol–water partition coefficient (Wildman–Crippen LogP) is 6.92. The maximum Gasteiger partial charge on any atom is 0.470 e. The summed E-state index contributed by atoms with van der Waals surface area (Å²) in [5.74, 6) is -1.97. The van der Waals surface area contributed by atoms with Crippen molar-refractivity contribution in [1.82, 2.24) is 10.6 Å². The molecule has 0 aromatic carbocycles. The quantitative estimate of drug-likeness (QED) is 0.0167. The van der Waals surface area contributed by atoms with Crippen LogP contribution in [0.15, 0.2) is 0 Å². The molecule has 0 bridgehead atoms. The molecule has 2 amide bonds. The van der Waals surface area contributed by atoms with Gasteiger partial charge in [0.25, 0.3) is 0 Å². The maximum absolute atomic E-state index is 14.0. The number of ether oxygens (including phenoxy) is 5. The number of nitrogens with one attached hydrogen (secondary N) is 2. The van der Waals surface area contributed by atoms with Crippen LogP contribution in [-0.2, 0) is 56.2 Å². The molecule has 2 aliphatic heterocycles. The molecule has 11 N–H and O–H groups in total. The summed E-state index contributed by atoms with van der Waals surface area (Å²) in [5.41, 5.74) is 0. The summed E-state index contributed by atoms with van der Waals surface area (Å²) in [6.07, 6.45) is 12.2. The second-order valence-corrected chi connectivity index (χ2v) is 23.9. The Morgan fingerprint density at radius 1 is 0.532 bits per heavy atom. The lowest BCUT2D eigenvalue weighted by molar-refractivity contribution is -0.303. The molecule has 2 aliphatic rings. The van der Waals surface area contributed by atoms with Gasteiger partial charge in [-0.25, -0.2) is 9.13 Å². The molecule has 0 saturated carbocycles. The standard InChI is InChI=1S/C54H104N2O21P2/c1-4-7-10-13-16-19-22-25-28-31-40(58)36-44(59)55-47-50(63)49(62)43(76-53(47)71-34-35-73-78(65,66)67)39-72-54-48(51(64)52(42(38-57)75-54)77-79(68,69)70)56-45(60)37-41(32-29-26-23-20-17-14-11-8-5-2)74-46(61)33-30-27-24-21-18-15-12-9-6-3/h40-43,47-54,57-58,62-64H,4-39H2,1-3H3,(H,55,59)(H,56,60)(H2,65,66,67)(H2,68,69,70)/t40-,41-,42?,43?,47?,48?,49?,50?,51?,52?,53?,54?/m1/s1. The number of phosphoric ester groups is 2. The molecule has 0 aromatic heterocycles. The fourth-order valence-corrected chi connectivity index (χ4v) is 10.8. The van der Waals surface area contributed by atoms with Crippen molar-refractivity contribution in [3.8, 4) is 0 Å². The molecule has 2 heterocycles. The number of rotatable bonds is 48. The zero-order valence-electron chi connectivity index (χ0n) is 47.7. The average molecular weight is 1180 g/mol. The van der Waals surface area contributed by atoms with Crippen molar-refractivity contribution in [3.63, 3.8) is 0 Å². The predicted molar refractivity (Wildman–Crippen MR) is 294 cm³/mol. The summed E-state index contributed by atoms with van der Waals surface area (Å²) in [4.78, 5) is 78.3. The molecule has 2 rings (SSSR count). The Bertz CT molecular complexity index is 1700. The van der Waals surface area contributed by atoms with Crippen LogP contribution in [0.3, 0.4) is 0 Å². The first-order valence-electron chi connectivity index (χ1n) is 29.8. The van der Waals surface area contributed by atoms with Crippen molar-refractivity contribution in [2.45, 2.75) is 300 Å². The molecule has 12 atom stereocenters. The van der Waals surface area contributed by atoms with Crippen LogP contribution < -0.4 is 10.6 Å². The smallest absolute Gasteiger partial charge is 0.462 e. The number of esters is 1. The molecule has 25 heteroatoms. The van der Waals surface area contributed by atoms with E-state index in [-0.39, 0.29) is 19.3 Å². The van der Waals surface area contributed by atoms with Gasteiger partial charge in [-0.2, -0.15) is 0 Å².